The molecule has 0 spiro atoms. The molecule has 8 nitrogen and oxygen atoms in total. The summed E-state index contributed by atoms with van der Waals surface area (Å²) in [5.74, 6) is 1.44. The Morgan fingerprint density at radius 2 is 2.00 bits per heavy atom. The van der Waals surface area contributed by atoms with E-state index in [4.69, 9.17) is 9.72 Å². The lowest BCUT2D eigenvalue weighted by Crippen LogP contribution is -2.46. The summed E-state index contributed by atoms with van der Waals surface area (Å²) in [6.45, 7) is 5.85. The number of H-pyrrole nitrogens is 1. The number of anilines is 3. The van der Waals surface area contributed by atoms with Gasteiger partial charge in [0.05, 0.1) is 24.3 Å². The molecule has 1 saturated carbocycles. The zero-order valence-electron chi connectivity index (χ0n) is 16.9. The van der Waals surface area contributed by atoms with Gasteiger partial charge >= 0.3 is 0 Å². The summed E-state index contributed by atoms with van der Waals surface area (Å²) in [5.41, 5.74) is 1.80. The number of hydrogen-bond acceptors (Lipinski definition) is 8. The first-order valence-corrected chi connectivity index (χ1v) is 12.1. The average molecular weight is 492 g/mol. The molecule has 4 heterocycles. The van der Waals surface area contributed by atoms with Crippen molar-refractivity contribution in [1.29, 1.82) is 0 Å². The largest absolute Gasteiger partial charge is 0.379 e. The topological polar surface area (TPSA) is 91.0 Å². The van der Waals surface area contributed by atoms with E-state index in [1.807, 2.05) is 19.2 Å². The quantitative estimate of drug-likeness (QED) is 0.490. The third-order valence-electron chi connectivity index (χ3n) is 5.95. The van der Waals surface area contributed by atoms with Gasteiger partial charge < -0.3 is 20.4 Å². The van der Waals surface area contributed by atoms with E-state index in [1.54, 1.807) is 0 Å². The van der Waals surface area contributed by atoms with Crippen LogP contribution in [-0.2, 0) is 4.74 Å². The Kier molecular flexibility index (Phi) is 5.90. The minimum Gasteiger partial charge on any atom is -0.379 e. The number of aryl methyl sites for hydroxylation is 1. The van der Waals surface area contributed by atoms with Gasteiger partial charge in [-0.1, -0.05) is 0 Å². The smallest absolute Gasteiger partial charge is 0.231 e. The van der Waals surface area contributed by atoms with E-state index in [9.17, 15) is 0 Å². The van der Waals surface area contributed by atoms with Crippen molar-refractivity contribution >= 4 is 55.3 Å². The van der Waals surface area contributed by atoms with Crippen molar-refractivity contribution in [2.75, 3.05) is 36.9 Å². The van der Waals surface area contributed by atoms with Crippen LogP contribution in [0.4, 0.5) is 16.8 Å². The number of fused-ring (bicyclic) bond motifs is 1. The fourth-order valence-corrected chi connectivity index (χ4v) is 5.55. The summed E-state index contributed by atoms with van der Waals surface area (Å²) in [5, 5.41) is 8.94. The second-order valence-electron chi connectivity index (χ2n) is 8.01. The third kappa shape index (κ3) is 4.32. The van der Waals surface area contributed by atoms with Crippen molar-refractivity contribution < 1.29 is 4.74 Å². The predicted octanol–water partition coefficient (Wildman–Crippen LogP) is 4.28. The zero-order chi connectivity index (χ0) is 20.5. The van der Waals surface area contributed by atoms with Crippen molar-refractivity contribution in [2.45, 2.75) is 44.7 Å². The molecule has 1 aliphatic carbocycles. The molecule has 3 N–H and O–H groups in total. The Labute approximate surface area is 188 Å². The lowest BCUT2D eigenvalue weighted by molar-refractivity contribution is 0.00791. The van der Waals surface area contributed by atoms with Crippen LogP contribution in [0.2, 0.25) is 0 Å². The molecule has 0 radical (unpaired) electrons. The maximum atomic E-state index is 5.51. The number of aromatic amines is 1. The van der Waals surface area contributed by atoms with Crippen molar-refractivity contribution in [3.05, 3.63) is 22.4 Å². The SMILES string of the molecule is Cc1cc(Nc2nc(NC3CCC(N4CCOCC4)CC3)c3c(Br)c[nH]c3n2)sn1. The fraction of sp³-hybridized carbons (Fsp3) is 0.550. The summed E-state index contributed by atoms with van der Waals surface area (Å²) in [6, 6.07) is 3.10. The number of rotatable bonds is 5. The van der Waals surface area contributed by atoms with Crippen LogP contribution < -0.4 is 10.6 Å². The van der Waals surface area contributed by atoms with E-state index >= 15 is 0 Å². The minimum atomic E-state index is 0.417. The molecular formula is C20H26BrN7OS. The normalized spacial score (nSPS) is 23.0. The molecule has 1 saturated heterocycles. The van der Waals surface area contributed by atoms with Gasteiger partial charge in [0, 0.05) is 35.8 Å². The van der Waals surface area contributed by atoms with Crippen LogP contribution in [0.25, 0.3) is 11.0 Å². The molecule has 3 aromatic heterocycles. The van der Waals surface area contributed by atoms with Crippen LogP contribution in [0.1, 0.15) is 31.4 Å². The molecule has 0 bridgehead atoms. The van der Waals surface area contributed by atoms with Crippen molar-refractivity contribution in [3.63, 3.8) is 0 Å². The number of hydrogen-bond donors (Lipinski definition) is 3. The molecule has 1 aliphatic heterocycles. The Bertz CT molecular complexity index is 1010. The Balaban J connectivity index is 1.31. The van der Waals surface area contributed by atoms with Gasteiger partial charge in [0.15, 0.2) is 0 Å². The van der Waals surface area contributed by atoms with E-state index in [-0.39, 0.29) is 0 Å². The summed E-state index contributed by atoms with van der Waals surface area (Å²) in [4.78, 5) is 15.3. The van der Waals surface area contributed by atoms with Gasteiger partial charge in [0.25, 0.3) is 0 Å². The van der Waals surface area contributed by atoms with E-state index in [2.05, 4.69) is 45.8 Å². The Morgan fingerprint density at radius 3 is 2.73 bits per heavy atom. The first kappa shape index (κ1) is 20.2. The summed E-state index contributed by atoms with van der Waals surface area (Å²) < 4.78 is 10.8. The van der Waals surface area contributed by atoms with Crippen LogP contribution in [0.5, 0.6) is 0 Å². The lowest BCUT2D eigenvalue weighted by atomic mass is 9.90. The maximum absolute atomic E-state index is 5.51. The summed E-state index contributed by atoms with van der Waals surface area (Å²) in [6.07, 6.45) is 6.64. The molecule has 30 heavy (non-hydrogen) atoms. The number of nitrogens with zero attached hydrogens (tertiary/aromatic N) is 4. The molecule has 0 aromatic carbocycles. The van der Waals surface area contributed by atoms with E-state index < -0.39 is 0 Å². The first-order chi connectivity index (χ1) is 14.7. The molecule has 160 valence electrons. The van der Waals surface area contributed by atoms with Gasteiger partial charge in [-0.2, -0.15) is 14.3 Å². The molecule has 10 heteroatoms. The second-order valence-corrected chi connectivity index (χ2v) is 9.67. The molecule has 0 atom stereocenters. The van der Waals surface area contributed by atoms with Crippen LogP contribution >= 0.6 is 27.5 Å². The lowest BCUT2D eigenvalue weighted by Gasteiger charge is -2.39. The van der Waals surface area contributed by atoms with Crippen LogP contribution in [0.15, 0.2) is 16.7 Å². The van der Waals surface area contributed by atoms with E-state index in [1.165, 1.54) is 24.4 Å². The van der Waals surface area contributed by atoms with Gasteiger partial charge in [0.1, 0.15) is 16.5 Å². The average Bonchev–Trinajstić information content (AvgIpc) is 3.34. The van der Waals surface area contributed by atoms with Gasteiger partial charge in [-0.3, -0.25) is 4.90 Å². The third-order valence-corrected chi connectivity index (χ3v) is 7.37. The standard InChI is InChI=1S/C20H26BrN7OS/c1-12-10-16(30-27-12)24-20-25-18-17(15(21)11-22-18)19(26-20)23-13-2-4-14(5-3-13)28-6-8-29-9-7-28/h10-11,13-14H,2-9H2,1H3,(H3,22,23,24,25,26). The molecule has 5 rings (SSSR count). The molecule has 0 amide bonds. The number of halogens is 1. The van der Waals surface area contributed by atoms with Gasteiger partial charge in [-0.25, -0.2) is 0 Å². The Morgan fingerprint density at radius 1 is 1.20 bits per heavy atom. The number of nitrogens with one attached hydrogen (secondary N) is 3. The molecule has 2 aliphatic rings. The molecular weight excluding hydrogens is 466 g/mol. The number of ether oxygens (including phenoxy) is 1. The molecule has 3 aromatic rings. The highest BCUT2D eigenvalue weighted by atomic mass is 79.9. The van der Waals surface area contributed by atoms with Gasteiger partial charge in [0.2, 0.25) is 5.95 Å². The maximum Gasteiger partial charge on any atom is 0.231 e. The second kappa shape index (κ2) is 8.78. The van der Waals surface area contributed by atoms with Crippen LogP contribution in [-0.4, -0.2) is 62.6 Å². The van der Waals surface area contributed by atoms with Gasteiger partial charge in [-0.15, -0.1) is 0 Å². The van der Waals surface area contributed by atoms with Gasteiger partial charge in [-0.05, 0) is 66.1 Å². The number of morpholine rings is 1. The number of aromatic nitrogens is 4. The summed E-state index contributed by atoms with van der Waals surface area (Å²) >= 11 is 5.06. The minimum absolute atomic E-state index is 0.417. The zero-order valence-corrected chi connectivity index (χ0v) is 19.4. The Hall–Kier alpha value is -1.75. The highest BCUT2D eigenvalue weighted by molar-refractivity contribution is 9.10. The highest BCUT2D eigenvalue weighted by Crippen LogP contribution is 2.33. The molecule has 0 unspecified atom stereocenters. The van der Waals surface area contributed by atoms with Crippen molar-refractivity contribution in [2.24, 2.45) is 0 Å². The van der Waals surface area contributed by atoms with Crippen LogP contribution in [0.3, 0.4) is 0 Å². The van der Waals surface area contributed by atoms with Crippen molar-refractivity contribution in [1.82, 2.24) is 24.2 Å². The van der Waals surface area contributed by atoms with E-state index in [0.717, 1.165) is 71.2 Å². The monoisotopic (exact) mass is 491 g/mol. The van der Waals surface area contributed by atoms with Crippen molar-refractivity contribution in [3.8, 4) is 0 Å². The predicted molar refractivity (Wildman–Crippen MR) is 124 cm³/mol. The highest BCUT2D eigenvalue weighted by Gasteiger charge is 2.27. The van der Waals surface area contributed by atoms with Crippen LogP contribution in [0, 0.1) is 6.92 Å². The molecule has 2 fully saturated rings. The summed E-state index contributed by atoms with van der Waals surface area (Å²) in [7, 11) is 0. The van der Waals surface area contributed by atoms with E-state index in [0.29, 0.717) is 18.0 Å². The fourth-order valence-electron chi connectivity index (χ4n) is 4.41. The first-order valence-electron chi connectivity index (χ1n) is 10.5.